The van der Waals surface area contributed by atoms with Crippen LogP contribution in [0.5, 0.6) is 5.75 Å². The molecule has 0 aromatic heterocycles. The van der Waals surface area contributed by atoms with E-state index in [9.17, 15) is 52.2 Å². The molecular formula is C47H65N7O16S. The minimum absolute atomic E-state index is 0.0724. The van der Waals surface area contributed by atoms with Crippen LogP contribution in [-0.2, 0) is 75.3 Å². The highest BCUT2D eigenvalue weighted by Crippen LogP contribution is 2.26. The van der Waals surface area contributed by atoms with Crippen molar-refractivity contribution in [3.63, 3.8) is 0 Å². The van der Waals surface area contributed by atoms with Crippen molar-refractivity contribution < 1.29 is 75.2 Å². The molecule has 2 saturated heterocycles. The van der Waals surface area contributed by atoms with E-state index in [-0.39, 0.29) is 37.9 Å². The number of hydrogen-bond donors (Lipinski definition) is 8. The van der Waals surface area contributed by atoms with Gasteiger partial charge in [0.15, 0.2) is 6.10 Å². The molecule has 0 aliphatic carbocycles. The molecule has 4 rings (SSSR count). The number of benzene rings is 2. The molecule has 2 aliphatic heterocycles. The van der Waals surface area contributed by atoms with Crippen LogP contribution in [0.2, 0.25) is 0 Å². The molecule has 0 spiro atoms. The number of aliphatic hydroxyl groups is 1. The van der Waals surface area contributed by atoms with Crippen molar-refractivity contribution in [2.24, 2.45) is 11.8 Å². The summed E-state index contributed by atoms with van der Waals surface area (Å²) in [6.07, 6.45) is -3.81. The van der Waals surface area contributed by atoms with Gasteiger partial charge in [-0.15, -0.1) is 0 Å². The first kappa shape index (κ1) is 57.1. The molecule has 390 valence electrons. The Morgan fingerprint density at radius 3 is 2.10 bits per heavy atom. The van der Waals surface area contributed by atoms with E-state index in [0.717, 1.165) is 16.9 Å². The Hall–Kier alpha value is -6.47. The average molecular weight is 1020 g/mol. The number of phenolic OH excluding ortho intramolecular Hbond substituents is 1. The summed E-state index contributed by atoms with van der Waals surface area (Å²) in [6, 6.07) is 5.45. The summed E-state index contributed by atoms with van der Waals surface area (Å²) in [4.78, 5) is 116. The van der Waals surface area contributed by atoms with Crippen molar-refractivity contribution in [2.45, 2.75) is 128 Å². The second-order valence-corrected chi connectivity index (χ2v) is 18.8. The van der Waals surface area contributed by atoms with Gasteiger partial charge in [0.1, 0.15) is 66.6 Å². The maximum atomic E-state index is 15.0. The number of carbonyl (C=O) groups excluding carboxylic acids is 8. The van der Waals surface area contributed by atoms with Crippen molar-refractivity contribution in [3.05, 3.63) is 77.5 Å². The fraction of sp³-hybridized carbons (Fsp3) is 0.532. The zero-order valence-corrected chi connectivity index (χ0v) is 41.6. The highest BCUT2D eigenvalue weighted by molar-refractivity contribution is 7.80. The normalized spacial score (nSPS) is 25.1. The van der Waals surface area contributed by atoms with E-state index in [1.54, 1.807) is 44.2 Å². The smallest absolute Gasteiger partial charge is 0.397 e. The Kier molecular flexibility index (Phi) is 20.6. The largest absolute Gasteiger partial charge is 0.508 e. The molecule has 7 amide bonds. The van der Waals surface area contributed by atoms with Crippen LogP contribution in [0, 0.1) is 11.8 Å². The Morgan fingerprint density at radius 1 is 0.901 bits per heavy atom. The number of cyclic esters (lactones) is 1. The first-order valence-corrected chi connectivity index (χ1v) is 24.4. The number of rotatable bonds is 15. The van der Waals surface area contributed by atoms with E-state index in [0.29, 0.717) is 11.1 Å². The predicted molar refractivity (Wildman–Crippen MR) is 252 cm³/mol. The number of carbonyl (C=O) groups is 8. The third kappa shape index (κ3) is 15.5. The molecule has 23 nitrogen and oxygen atoms in total. The second-order valence-electron chi connectivity index (χ2n) is 17.7. The van der Waals surface area contributed by atoms with Gasteiger partial charge in [-0.25, -0.2) is 8.98 Å². The minimum Gasteiger partial charge on any atom is -0.508 e. The molecule has 2 aromatic carbocycles. The van der Waals surface area contributed by atoms with E-state index >= 15 is 4.79 Å². The van der Waals surface area contributed by atoms with Crippen LogP contribution in [-0.4, -0.2) is 156 Å². The quantitative estimate of drug-likeness (QED) is 0.0648. The van der Waals surface area contributed by atoms with E-state index in [4.69, 9.17) is 14.0 Å². The van der Waals surface area contributed by atoms with Gasteiger partial charge in [-0.3, -0.25) is 38.1 Å². The number of methoxy groups -OCH3 is 1. The highest BCUT2D eigenvalue weighted by Gasteiger charge is 2.46. The monoisotopic (exact) mass is 1020 g/mol. The molecule has 2 fully saturated rings. The molecule has 8 N–H and O–H groups in total. The molecule has 2 aliphatic rings. The summed E-state index contributed by atoms with van der Waals surface area (Å²) in [5.74, 6) is -9.20. The van der Waals surface area contributed by atoms with Crippen molar-refractivity contribution in [1.29, 1.82) is 0 Å². The number of fused-ring (bicyclic) bond motifs is 2. The van der Waals surface area contributed by atoms with Gasteiger partial charge < -0.3 is 56.1 Å². The van der Waals surface area contributed by atoms with Crippen LogP contribution in [0.1, 0.15) is 71.9 Å². The number of nitrogens with zero attached hydrogens (tertiary/aromatic N) is 2. The lowest BCUT2D eigenvalue weighted by Crippen LogP contribution is -2.64. The number of likely N-dealkylation sites (N-methyl/N-ethyl adjacent to an activating group) is 1. The number of piperidine rings is 1. The fourth-order valence-corrected chi connectivity index (χ4v) is 8.26. The number of phenols is 1. The van der Waals surface area contributed by atoms with Crippen LogP contribution in [0.15, 0.2) is 66.4 Å². The van der Waals surface area contributed by atoms with E-state index < -0.39 is 137 Å². The molecule has 71 heavy (non-hydrogen) atoms. The standard InChI is InChI=1S/C47H65N7O16S/c1-9-26(5)38-47(64)70-27(6)39(52-43(60)37(25(3)4)50-42(59)35(68-8)24-69-71(65,66)67)44(61)48-31(10-2)40(57)49-32-20-21-36(56)54(45(32)62)34(23-28-14-12-11-13-15-28)46(63)53(7)33(41(58)51-38)22-29-16-18-30(55)19-17-29/h10-19,25-27,32-39,55-56H,9,20-24H2,1-8H3,(H,48,61)(H,49,57)(H,50,59)(H,51,58)(H,52,60)(H,65,66,67)/b31-10-/t26-,27-,32+,33+,34+,35-,36-,37+,38+,39+/m1/s1. The van der Waals surface area contributed by atoms with Gasteiger partial charge >= 0.3 is 16.4 Å². The summed E-state index contributed by atoms with van der Waals surface area (Å²) in [5.41, 5.74) is 0.646. The lowest BCUT2D eigenvalue weighted by Gasteiger charge is -2.43. The van der Waals surface area contributed by atoms with Gasteiger partial charge in [0.25, 0.3) is 17.7 Å². The van der Waals surface area contributed by atoms with Crippen molar-refractivity contribution >= 4 is 57.7 Å². The zero-order valence-electron chi connectivity index (χ0n) is 40.8. The Labute approximate surface area is 412 Å². The van der Waals surface area contributed by atoms with E-state index in [2.05, 4.69) is 30.8 Å². The number of amides is 7. The molecule has 0 unspecified atom stereocenters. The van der Waals surface area contributed by atoms with Crippen molar-refractivity contribution in [1.82, 2.24) is 36.4 Å². The summed E-state index contributed by atoms with van der Waals surface area (Å²) in [5, 5.41) is 34.1. The lowest BCUT2D eigenvalue weighted by atomic mass is 9.95. The molecular weight excluding hydrogens is 951 g/mol. The van der Waals surface area contributed by atoms with Gasteiger partial charge in [0, 0.05) is 27.0 Å². The highest BCUT2D eigenvalue weighted by atomic mass is 32.3. The Morgan fingerprint density at radius 2 is 1.52 bits per heavy atom. The third-order valence-electron chi connectivity index (χ3n) is 12.4. The molecule has 2 heterocycles. The van der Waals surface area contributed by atoms with Crippen LogP contribution >= 0.6 is 0 Å². The third-order valence-corrected chi connectivity index (χ3v) is 12.8. The summed E-state index contributed by atoms with van der Waals surface area (Å²) in [7, 11) is -2.62. The molecule has 2 bridgehead atoms. The molecule has 2 aromatic rings. The topological polar surface area (TPSA) is 326 Å². The number of nitrogens with one attached hydrogen (secondary N) is 5. The minimum atomic E-state index is -4.99. The first-order chi connectivity index (χ1) is 33.4. The SMILES string of the molecule is C/C=C1\NC(=O)[C@@H](NC(=O)[C@@H](NC(=O)[C@@H](COS(=O)(=O)O)OC)C(C)C)[C@@H](C)OC(=O)[C@H]([C@H](C)CC)NC(=O)[C@H](Cc2ccc(O)cc2)N(C)C(=O)[C@H](Cc2ccccc2)N2C(=O)[C@H](CC[C@H]2O)NC1=O. The molecule has 0 saturated carbocycles. The van der Waals surface area contributed by atoms with Crippen molar-refractivity contribution in [3.8, 4) is 5.75 Å². The van der Waals surface area contributed by atoms with Gasteiger partial charge in [0.2, 0.25) is 23.6 Å². The summed E-state index contributed by atoms with van der Waals surface area (Å²) in [6.45, 7) is 8.08. The van der Waals surface area contributed by atoms with E-state index in [1.165, 1.54) is 65.1 Å². The van der Waals surface area contributed by atoms with Gasteiger partial charge in [-0.1, -0.05) is 82.7 Å². The lowest BCUT2D eigenvalue weighted by molar-refractivity contribution is -0.165. The number of hydrogen-bond acceptors (Lipinski definition) is 15. The van der Waals surface area contributed by atoms with Crippen LogP contribution < -0.4 is 26.6 Å². The summed E-state index contributed by atoms with van der Waals surface area (Å²) >= 11 is 0. The van der Waals surface area contributed by atoms with E-state index in [1.807, 2.05) is 0 Å². The number of esters is 1. The zero-order chi connectivity index (χ0) is 52.9. The average Bonchev–Trinajstić information content (AvgIpc) is 3.32. The first-order valence-electron chi connectivity index (χ1n) is 23.0. The predicted octanol–water partition coefficient (Wildman–Crippen LogP) is -0.245. The van der Waals surface area contributed by atoms with Crippen molar-refractivity contribution in [2.75, 3.05) is 20.8 Å². The van der Waals surface area contributed by atoms with Gasteiger partial charge in [0.05, 0.1) is 0 Å². The number of aromatic hydroxyl groups is 1. The van der Waals surface area contributed by atoms with Gasteiger partial charge in [-0.05, 0) is 61.8 Å². The molecule has 0 radical (unpaired) electrons. The van der Waals surface area contributed by atoms with Gasteiger partial charge in [-0.2, -0.15) is 8.42 Å². The number of ether oxygens (including phenoxy) is 2. The number of aliphatic hydroxyl groups excluding tert-OH is 1. The maximum absolute atomic E-state index is 15.0. The number of allylic oxidation sites excluding steroid dienone is 1. The summed E-state index contributed by atoms with van der Waals surface area (Å²) < 4.78 is 46.5. The fourth-order valence-electron chi connectivity index (χ4n) is 7.96. The van der Waals surface area contributed by atoms with Crippen LogP contribution in [0.3, 0.4) is 0 Å². The van der Waals surface area contributed by atoms with Crippen LogP contribution in [0.25, 0.3) is 0 Å². The molecule has 10 atom stereocenters. The second kappa shape index (κ2) is 25.6. The van der Waals surface area contributed by atoms with Crippen LogP contribution in [0.4, 0.5) is 0 Å². The Balaban J connectivity index is 1.84. The maximum Gasteiger partial charge on any atom is 0.397 e. The molecule has 24 heteroatoms. The Bertz CT molecular complexity index is 2390.